The highest BCUT2D eigenvalue weighted by Gasteiger charge is 2.34. The molecule has 1 rings (SSSR count). The molecule has 0 radical (unpaired) electrons. The van der Waals surface area contributed by atoms with Crippen molar-refractivity contribution < 1.29 is 17.6 Å². The van der Waals surface area contributed by atoms with Gasteiger partial charge in [0.2, 0.25) is 0 Å². The van der Waals surface area contributed by atoms with Gasteiger partial charge in [0, 0.05) is 11.8 Å². The molecule has 0 spiro atoms. The van der Waals surface area contributed by atoms with Crippen molar-refractivity contribution in [1.29, 1.82) is 0 Å². The van der Waals surface area contributed by atoms with Gasteiger partial charge < -0.3 is 0 Å². The van der Waals surface area contributed by atoms with Gasteiger partial charge in [-0.05, 0) is 6.92 Å². The maximum absolute atomic E-state index is 12.8. The zero-order valence-electron chi connectivity index (χ0n) is 6.41. The van der Waals surface area contributed by atoms with Gasteiger partial charge in [0.25, 0.3) is 0 Å². The Hall–Kier alpha value is -0.840. The van der Waals surface area contributed by atoms with Crippen LogP contribution in [0.1, 0.15) is 11.1 Å². The van der Waals surface area contributed by atoms with E-state index in [-0.39, 0.29) is 0 Å². The Kier molecular flexibility index (Phi) is 2.47. The average Bonchev–Trinajstić information content (AvgIpc) is 1.98. The largest absolute Gasteiger partial charge is 0.418 e. The van der Waals surface area contributed by atoms with Crippen LogP contribution in [0.5, 0.6) is 0 Å². The van der Waals surface area contributed by atoms with Crippen LogP contribution in [0.4, 0.5) is 17.6 Å². The number of rotatable bonds is 0. The van der Waals surface area contributed by atoms with Crippen molar-refractivity contribution in [3.63, 3.8) is 0 Å². The molecule has 0 amide bonds. The van der Waals surface area contributed by atoms with Crippen molar-refractivity contribution in [2.24, 2.45) is 0 Å². The molecule has 0 aromatic carbocycles. The lowest BCUT2D eigenvalue weighted by Crippen LogP contribution is -2.09. The van der Waals surface area contributed by atoms with Crippen LogP contribution in [0.25, 0.3) is 0 Å². The van der Waals surface area contributed by atoms with Crippen LogP contribution in [0.3, 0.4) is 0 Å². The molecule has 0 aliphatic carbocycles. The number of hydrogen-bond acceptors (Lipinski definition) is 1. The minimum atomic E-state index is -4.59. The normalized spacial score (nSPS) is 11.8. The van der Waals surface area contributed by atoms with E-state index in [1.807, 2.05) is 0 Å². The van der Waals surface area contributed by atoms with E-state index in [1.54, 1.807) is 0 Å². The molecular formula is C7H4ClF4N. The number of nitrogens with zero attached hydrogens (tertiary/aromatic N) is 1. The standard InChI is InChI=1S/C7H4ClF4N/c1-3-4(7(10,11)12)2-13-6(8)5(3)9/h2H,1H3. The lowest BCUT2D eigenvalue weighted by molar-refractivity contribution is -0.138. The zero-order chi connectivity index (χ0) is 10.2. The molecular weight excluding hydrogens is 210 g/mol. The molecule has 1 aromatic rings. The van der Waals surface area contributed by atoms with Crippen molar-refractivity contribution >= 4 is 11.6 Å². The summed E-state index contributed by atoms with van der Waals surface area (Å²) in [5, 5.41) is -0.550. The van der Waals surface area contributed by atoms with E-state index in [0.717, 1.165) is 6.92 Å². The Labute approximate surface area is 76.3 Å². The Balaban J connectivity index is 3.35. The second-order valence-corrected chi connectivity index (χ2v) is 2.76. The van der Waals surface area contributed by atoms with Gasteiger partial charge in [0.05, 0.1) is 5.56 Å². The minimum absolute atomic E-state index is 0.515. The Morgan fingerprint density at radius 2 is 1.92 bits per heavy atom. The van der Waals surface area contributed by atoms with Crippen molar-refractivity contribution in [1.82, 2.24) is 4.98 Å². The molecule has 1 aromatic heterocycles. The maximum Gasteiger partial charge on any atom is 0.418 e. The van der Waals surface area contributed by atoms with E-state index < -0.39 is 28.3 Å². The van der Waals surface area contributed by atoms with Crippen LogP contribution in [0.2, 0.25) is 5.15 Å². The summed E-state index contributed by atoms with van der Waals surface area (Å²) in [6.45, 7) is 1.01. The second-order valence-electron chi connectivity index (χ2n) is 2.40. The number of halogens is 5. The molecule has 0 bridgehead atoms. The summed E-state index contributed by atoms with van der Waals surface area (Å²) in [4.78, 5) is 3.08. The average molecular weight is 214 g/mol. The number of alkyl halides is 3. The summed E-state index contributed by atoms with van der Waals surface area (Å²) in [6, 6.07) is 0. The number of aromatic nitrogens is 1. The molecule has 0 N–H and O–H groups in total. The fourth-order valence-electron chi connectivity index (χ4n) is 0.833. The summed E-state index contributed by atoms with van der Waals surface area (Å²) in [6.07, 6.45) is -4.08. The molecule has 0 aliphatic heterocycles. The lowest BCUT2D eigenvalue weighted by atomic mass is 10.1. The summed E-state index contributed by atoms with van der Waals surface area (Å²) in [7, 11) is 0. The lowest BCUT2D eigenvalue weighted by Gasteiger charge is -2.09. The van der Waals surface area contributed by atoms with Crippen LogP contribution < -0.4 is 0 Å². The van der Waals surface area contributed by atoms with E-state index in [4.69, 9.17) is 11.6 Å². The Morgan fingerprint density at radius 1 is 1.38 bits per heavy atom. The molecule has 0 fully saturated rings. The van der Waals surface area contributed by atoms with Gasteiger partial charge in [-0.25, -0.2) is 9.37 Å². The topological polar surface area (TPSA) is 12.9 Å². The second kappa shape index (κ2) is 3.14. The van der Waals surface area contributed by atoms with Crippen molar-refractivity contribution in [3.8, 4) is 0 Å². The van der Waals surface area contributed by atoms with Gasteiger partial charge in [-0.3, -0.25) is 0 Å². The predicted octanol–water partition coefficient (Wildman–Crippen LogP) is 3.20. The summed E-state index contributed by atoms with van der Waals surface area (Å²) < 4.78 is 49.2. The molecule has 1 nitrogen and oxygen atoms in total. The molecule has 72 valence electrons. The van der Waals surface area contributed by atoms with Crippen LogP contribution in [0.15, 0.2) is 6.20 Å². The number of hydrogen-bond donors (Lipinski definition) is 0. The molecule has 0 saturated heterocycles. The highest BCUT2D eigenvalue weighted by molar-refractivity contribution is 6.29. The van der Waals surface area contributed by atoms with Crippen LogP contribution in [-0.2, 0) is 6.18 Å². The smallest absolute Gasteiger partial charge is 0.241 e. The third-order valence-electron chi connectivity index (χ3n) is 1.53. The van der Waals surface area contributed by atoms with Gasteiger partial charge in [-0.1, -0.05) is 11.6 Å². The van der Waals surface area contributed by atoms with Crippen LogP contribution >= 0.6 is 11.6 Å². The van der Waals surface area contributed by atoms with Crippen LogP contribution in [-0.4, -0.2) is 4.98 Å². The van der Waals surface area contributed by atoms with E-state index in [9.17, 15) is 17.6 Å². The quantitative estimate of drug-likeness (QED) is 0.476. The van der Waals surface area contributed by atoms with Gasteiger partial charge in [-0.15, -0.1) is 0 Å². The van der Waals surface area contributed by atoms with E-state index >= 15 is 0 Å². The fraction of sp³-hybridized carbons (Fsp3) is 0.286. The molecule has 0 unspecified atom stereocenters. The van der Waals surface area contributed by atoms with Gasteiger partial charge in [0.1, 0.15) is 0 Å². The molecule has 13 heavy (non-hydrogen) atoms. The Bertz CT molecular complexity index is 334. The molecule has 6 heteroatoms. The fourth-order valence-corrected chi connectivity index (χ4v) is 1.02. The summed E-state index contributed by atoms with van der Waals surface area (Å²) in [5.41, 5.74) is -1.64. The highest BCUT2D eigenvalue weighted by atomic mass is 35.5. The maximum atomic E-state index is 12.8. The third kappa shape index (κ3) is 1.91. The number of pyridine rings is 1. The Morgan fingerprint density at radius 3 is 2.38 bits per heavy atom. The monoisotopic (exact) mass is 213 g/mol. The summed E-state index contributed by atoms with van der Waals surface area (Å²) >= 11 is 5.18. The molecule has 1 heterocycles. The molecule has 0 saturated carbocycles. The first-order chi connectivity index (χ1) is 5.84. The first kappa shape index (κ1) is 10.2. The van der Waals surface area contributed by atoms with Gasteiger partial charge in [0.15, 0.2) is 11.0 Å². The highest BCUT2D eigenvalue weighted by Crippen LogP contribution is 2.33. The molecule has 0 aliphatic rings. The van der Waals surface area contributed by atoms with Crippen LogP contribution in [0, 0.1) is 12.7 Å². The van der Waals surface area contributed by atoms with Gasteiger partial charge >= 0.3 is 6.18 Å². The zero-order valence-corrected chi connectivity index (χ0v) is 7.17. The SMILES string of the molecule is Cc1c(C(F)(F)F)cnc(Cl)c1F. The van der Waals surface area contributed by atoms with Crippen molar-refractivity contribution in [3.05, 3.63) is 28.3 Å². The predicted molar refractivity (Wildman–Crippen MR) is 38.9 cm³/mol. The molecule has 0 atom stereocenters. The minimum Gasteiger partial charge on any atom is -0.241 e. The van der Waals surface area contributed by atoms with E-state index in [0.29, 0.717) is 6.20 Å². The van der Waals surface area contributed by atoms with E-state index in [1.165, 1.54) is 0 Å². The van der Waals surface area contributed by atoms with Gasteiger partial charge in [-0.2, -0.15) is 13.2 Å². The van der Waals surface area contributed by atoms with E-state index in [2.05, 4.69) is 4.98 Å². The third-order valence-corrected chi connectivity index (χ3v) is 1.79. The van der Waals surface area contributed by atoms with Crippen molar-refractivity contribution in [2.45, 2.75) is 13.1 Å². The van der Waals surface area contributed by atoms with Crippen molar-refractivity contribution in [2.75, 3.05) is 0 Å². The first-order valence-electron chi connectivity index (χ1n) is 3.22. The summed E-state index contributed by atoms with van der Waals surface area (Å²) in [5.74, 6) is -1.13. The first-order valence-corrected chi connectivity index (χ1v) is 3.59.